The van der Waals surface area contributed by atoms with Crippen molar-refractivity contribution in [3.63, 3.8) is 0 Å². The highest BCUT2D eigenvalue weighted by molar-refractivity contribution is 7.99. The highest BCUT2D eigenvalue weighted by atomic mass is 32.2. The average Bonchev–Trinajstić information content (AvgIpc) is 2.85. The number of thioether (sulfide) groups is 1. The molecule has 0 aromatic heterocycles. The van der Waals surface area contributed by atoms with Gasteiger partial charge in [0.25, 0.3) is 0 Å². The standard InChI is InChI=1S/C14H21NOS/c1-11-5-2-3-7-13(11)14(9-15)17-10-12-6-4-8-16-12/h2-3,5,7,12,14H,4,6,8-10,15H2,1H3. The molecule has 1 aromatic rings. The summed E-state index contributed by atoms with van der Waals surface area (Å²) in [6, 6.07) is 8.52. The third-order valence-electron chi connectivity index (χ3n) is 3.26. The van der Waals surface area contributed by atoms with Gasteiger partial charge in [-0.2, -0.15) is 0 Å². The number of ether oxygens (including phenoxy) is 1. The Labute approximate surface area is 108 Å². The zero-order valence-electron chi connectivity index (χ0n) is 10.4. The van der Waals surface area contributed by atoms with E-state index in [-0.39, 0.29) is 0 Å². The van der Waals surface area contributed by atoms with Crippen LogP contribution in [0.25, 0.3) is 0 Å². The molecule has 17 heavy (non-hydrogen) atoms. The van der Waals surface area contributed by atoms with Gasteiger partial charge in [-0.15, -0.1) is 11.8 Å². The summed E-state index contributed by atoms with van der Waals surface area (Å²) in [4.78, 5) is 0. The van der Waals surface area contributed by atoms with E-state index in [1.54, 1.807) is 0 Å². The molecular formula is C14H21NOS. The van der Waals surface area contributed by atoms with Crippen LogP contribution in [0.4, 0.5) is 0 Å². The van der Waals surface area contributed by atoms with Crippen LogP contribution < -0.4 is 5.73 Å². The number of aryl methyl sites for hydroxylation is 1. The van der Waals surface area contributed by atoms with E-state index in [1.165, 1.54) is 24.0 Å². The van der Waals surface area contributed by atoms with E-state index in [0.717, 1.165) is 12.4 Å². The summed E-state index contributed by atoms with van der Waals surface area (Å²) in [5, 5.41) is 0.403. The van der Waals surface area contributed by atoms with Gasteiger partial charge in [-0.05, 0) is 30.9 Å². The topological polar surface area (TPSA) is 35.2 Å². The zero-order valence-corrected chi connectivity index (χ0v) is 11.2. The fourth-order valence-corrected chi connectivity index (χ4v) is 3.52. The SMILES string of the molecule is Cc1ccccc1C(CN)SCC1CCCO1. The molecule has 2 atom stereocenters. The van der Waals surface area contributed by atoms with Crippen molar-refractivity contribution >= 4 is 11.8 Å². The van der Waals surface area contributed by atoms with Crippen LogP contribution in [-0.4, -0.2) is 25.0 Å². The van der Waals surface area contributed by atoms with Crippen molar-refractivity contribution in [1.82, 2.24) is 0 Å². The predicted molar refractivity (Wildman–Crippen MR) is 74.4 cm³/mol. The van der Waals surface area contributed by atoms with Gasteiger partial charge in [-0.3, -0.25) is 0 Å². The zero-order chi connectivity index (χ0) is 12.1. The van der Waals surface area contributed by atoms with E-state index in [0.29, 0.717) is 17.9 Å². The fraction of sp³-hybridized carbons (Fsp3) is 0.571. The average molecular weight is 251 g/mol. The van der Waals surface area contributed by atoms with Crippen LogP contribution in [0.2, 0.25) is 0 Å². The Morgan fingerprint density at radius 3 is 2.94 bits per heavy atom. The van der Waals surface area contributed by atoms with Crippen LogP contribution in [0.15, 0.2) is 24.3 Å². The van der Waals surface area contributed by atoms with Crippen molar-refractivity contribution in [2.75, 3.05) is 18.9 Å². The Bertz CT molecular complexity index is 350. The van der Waals surface area contributed by atoms with E-state index in [4.69, 9.17) is 10.5 Å². The molecule has 1 aliphatic heterocycles. The Kier molecular flexibility index (Phi) is 4.89. The van der Waals surface area contributed by atoms with Crippen molar-refractivity contribution in [2.24, 2.45) is 5.73 Å². The van der Waals surface area contributed by atoms with Crippen molar-refractivity contribution in [1.29, 1.82) is 0 Å². The Balaban J connectivity index is 1.94. The quantitative estimate of drug-likeness (QED) is 0.874. The number of nitrogens with two attached hydrogens (primary N) is 1. The minimum atomic E-state index is 0.403. The van der Waals surface area contributed by atoms with E-state index in [1.807, 2.05) is 11.8 Å². The van der Waals surface area contributed by atoms with Crippen molar-refractivity contribution < 1.29 is 4.74 Å². The lowest BCUT2D eigenvalue weighted by atomic mass is 10.1. The molecule has 2 nitrogen and oxygen atoms in total. The summed E-state index contributed by atoms with van der Waals surface area (Å²) in [5.74, 6) is 1.07. The van der Waals surface area contributed by atoms with E-state index in [9.17, 15) is 0 Å². The van der Waals surface area contributed by atoms with Crippen LogP contribution in [0.5, 0.6) is 0 Å². The van der Waals surface area contributed by atoms with Crippen molar-refractivity contribution in [3.05, 3.63) is 35.4 Å². The molecule has 0 saturated carbocycles. The van der Waals surface area contributed by atoms with Gasteiger partial charge >= 0.3 is 0 Å². The second kappa shape index (κ2) is 6.43. The molecule has 0 amide bonds. The molecule has 1 aliphatic rings. The largest absolute Gasteiger partial charge is 0.377 e. The second-order valence-electron chi connectivity index (χ2n) is 4.55. The lowest BCUT2D eigenvalue weighted by molar-refractivity contribution is 0.129. The normalized spacial score (nSPS) is 21.6. The molecule has 1 heterocycles. The molecule has 2 rings (SSSR count). The van der Waals surface area contributed by atoms with E-state index < -0.39 is 0 Å². The summed E-state index contributed by atoms with van der Waals surface area (Å²) >= 11 is 1.94. The fourth-order valence-electron chi connectivity index (χ4n) is 2.23. The monoisotopic (exact) mass is 251 g/mol. The molecule has 3 heteroatoms. The minimum absolute atomic E-state index is 0.403. The molecule has 0 spiro atoms. The van der Waals surface area contributed by atoms with Crippen molar-refractivity contribution in [2.45, 2.75) is 31.1 Å². The van der Waals surface area contributed by atoms with Crippen LogP contribution in [0.1, 0.15) is 29.2 Å². The molecule has 2 unspecified atom stereocenters. The lowest BCUT2D eigenvalue weighted by Gasteiger charge is -2.19. The van der Waals surface area contributed by atoms with Gasteiger partial charge in [-0.1, -0.05) is 24.3 Å². The van der Waals surface area contributed by atoms with Gasteiger partial charge in [0, 0.05) is 24.2 Å². The maximum absolute atomic E-state index is 5.90. The summed E-state index contributed by atoms with van der Waals surface area (Å²) in [6.45, 7) is 3.79. The molecule has 2 N–H and O–H groups in total. The van der Waals surface area contributed by atoms with Crippen LogP contribution >= 0.6 is 11.8 Å². The van der Waals surface area contributed by atoms with Gasteiger partial charge < -0.3 is 10.5 Å². The summed E-state index contributed by atoms with van der Waals surface area (Å²) in [7, 11) is 0. The highest BCUT2D eigenvalue weighted by Crippen LogP contribution is 2.32. The third kappa shape index (κ3) is 3.47. The van der Waals surface area contributed by atoms with Crippen LogP contribution in [0.3, 0.4) is 0 Å². The number of hydrogen-bond acceptors (Lipinski definition) is 3. The van der Waals surface area contributed by atoms with Crippen molar-refractivity contribution in [3.8, 4) is 0 Å². The maximum atomic E-state index is 5.90. The molecule has 0 aliphatic carbocycles. The van der Waals surface area contributed by atoms with E-state index >= 15 is 0 Å². The highest BCUT2D eigenvalue weighted by Gasteiger charge is 2.19. The molecule has 0 bridgehead atoms. The molecule has 1 fully saturated rings. The second-order valence-corrected chi connectivity index (χ2v) is 5.78. The van der Waals surface area contributed by atoms with Gasteiger partial charge in [-0.25, -0.2) is 0 Å². The molecule has 1 aromatic carbocycles. The third-order valence-corrected chi connectivity index (χ3v) is 4.67. The van der Waals surface area contributed by atoms with Crippen LogP contribution in [-0.2, 0) is 4.74 Å². The Morgan fingerprint density at radius 1 is 1.47 bits per heavy atom. The maximum Gasteiger partial charge on any atom is 0.0666 e. The molecule has 0 radical (unpaired) electrons. The minimum Gasteiger partial charge on any atom is -0.377 e. The Morgan fingerprint density at radius 2 is 2.29 bits per heavy atom. The first-order chi connectivity index (χ1) is 8.31. The number of rotatable bonds is 5. The number of benzene rings is 1. The van der Waals surface area contributed by atoms with Gasteiger partial charge in [0.1, 0.15) is 0 Å². The van der Waals surface area contributed by atoms with Gasteiger partial charge in [0.15, 0.2) is 0 Å². The molecule has 1 saturated heterocycles. The summed E-state index contributed by atoms with van der Waals surface area (Å²) in [6.07, 6.45) is 2.86. The summed E-state index contributed by atoms with van der Waals surface area (Å²) < 4.78 is 5.65. The van der Waals surface area contributed by atoms with E-state index in [2.05, 4.69) is 31.2 Å². The van der Waals surface area contributed by atoms with Crippen LogP contribution in [0, 0.1) is 6.92 Å². The Hall–Kier alpha value is -0.510. The lowest BCUT2D eigenvalue weighted by Crippen LogP contribution is -2.15. The first kappa shape index (κ1) is 12.9. The summed E-state index contributed by atoms with van der Waals surface area (Å²) in [5.41, 5.74) is 8.61. The predicted octanol–water partition coefficient (Wildman–Crippen LogP) is 2.91. The first-order valence-electron chi connectivity index (χ1n) is 6.30. The number of hydrogen-bond donors (Lipinski definition) is 1. The van der Waals surface area contributed by atoms with Gasteiger partial charge in [0.05, 0.1) is 6.10 Å². The molecule has 94 valence electrons. The first-order valence-corrected chi connectivity index (χ1v) is 7.35. The molecular weight excluding hydrogens is 230 g/mol. The smallest absolute Gasteiger partial charge is 0.0666 e. The van der Waals surface area contributed by atoms with Gasteiger partial charge in [0.2, 0.25) is 0 Å².